The number of carbonyl (C=O) groups is 2. The van der Waals surface area contributed by atoms with Crippen molar-refractivity contribution in [2.24, 2.45) is 10.3 Å². The first kappa shape index (κ1) is 21.8. The third-order valence-electron chi connectivity index (χ3n) is 5.54. The first-order valence-corrected chi connectivity index (χ1v) is 11.8. The lowest BCUT2D eigenvalue weighted by Gasteiger charge is -2.33. The maximum atomic E-state index is 13.0. The average Bonchev–Trinajstić information content (AvgIpc) is 3.09. The Labute approximate surface area is 187 Å². The monoisotopic (exact) mass is 452 g/mol. The first-order chi connectivity index (χ1) is 15.4. The summed E-state index contributed by atoms with van der Waals surface area (Å²) >= 11 is 0. The number of amidine groups is 1. The molecule has 2 N–H and O–H groups in total. The molecule has 0 aliphatic carbocycles. The Morgan fingerprint density at radius 1 is 1.16 bits per heavy atom. The van der Waals surface area contributed by atoms with Gasteiger partial charge in [-0.15, -0.1) is 11.0 Å². The maximum Gasteiger partial charge on any atom is 0.285 e. The van der Waals surface area contributed by atoms with E-state index in [9.17, 15) is 18.0 Å². The lowest BCUT2D eigenvalue weighted by molar-refractivity contribution is -0.121. The molecule has 1 unspecified atom stereocenters. The van der Waals surface area contributed by atoms with Gasteiger partial charge < -0.3 is 15.5 Å². The number of carbonyl (C=O) groups excluding carboxylic acids is 2. The van der Waals surface area contributed by atoms with E-state index in [4.69, 9.17) is 0 Å². The number of sulfonamides is 1. The van der Waals surface area contributed by atoms with Crippen LogP contribution in [0.5, 0.6) is 0 Å². The fourth-order valence-corrected chi connectivity index (χ4v) is 5.21. The number of hydrogen-bond acceptors (Lipinski definition) is 5. The fraction of sp³-hybridized carbons (Fsp3) is 0.261. The van der Waals surface area contributed by atoms with Crippen LogP contribution in [0.3, 0.4) is 0 Å². The van der Waals surface area contributed by atoms with Crippen LogP contribution in [0.25, 0.3) is 0 Å². The minimum absolute atomic E-state index is 0.195. The van der Waals surface area contributed by atoms with Gasteiger partial charge in [-0.3, -0.25) is 9.59 Å². The Bertz CT molecular complexity index is 1210. The number of anilines is 1. The minimum atomic E-state index is -3.72. The Balaban J connectivity index is 1.50. The molecule has 2 amide bonds. The molecule has 1 fully saturated rings. The van der Waals surface area contributed by atoms with Crippen LogP contribution in [-0.2, 0) is 14.8 Å². The van der Waals surface area contributed by atoms with Crippen LogP contribution >= 0.6 is 0 Å². The van der Waals surface area contributed by atoms with Crippen LogP contribution in [0.15, 0.2) is 70.5 Å². The highest BCUT2D eigenvalue weighted by Crippen LogP contribution is 2.30. The number of piperidine rings is 1. The van der Waals surface area contributed by atoms with Crippen LogP contribution in [0.4, 0.5) is 5.69 Å². The molecule has 2 aromatic carbocycles. The number of hydrogen-bond donors (Lipinski definition) is 2. The van der Waals surface area contributed by atoms with Gasteiger partial charge in [0.1, 0.15) is 4.90 Å². The highest BCUT2D eigenvalue weighted by atomic mass is 32.2. The molecule has 2 heterocycles. The van der Waals surface area contributed by atoms with E-state index in [1.165, 1.54) is 0 Å². The summed E-state index contributed by atoms with van der Waals surface area (Å²) in [6.45, 7) is 4.87. The molecule has 2 aromatic rings. The molecule has 0 aromatic heterocycles. The van der Waals surface area contributed by atoms with Gasteiger partial charge >= 0.3 is 0 Å². The van der Waals surface area contributed by atoms with Gasteiger partial charge in [-0.2, -0.15) is 8.42 Å². The van der Waals surface area contributed by atoms with Crippen molar-refractivity contribution in [2.75, 3.05) is 25.0 Å². The zero-order chi connectivity index (χ0) is 22.7. The summed E-state index contributed by atoms with van der Waals surface area (Å²) in [4.78, 5) is 27.5. The molecule has 0 saturated carbocycles. The zero-order valence-corrected chi connectivity index (χ0v) is 18.3. The SMILES string of the molecule is C=CCNC(=O)c1ccccc1NC(=O)C1CCCN(C2=NS(=O)(=O)c3ccccc32)C1. The number of fused-ring (bicyclic) bond motifs is 1. The van der Waals surface area contributed by atoms with E-state index in [1.807, 2.05) is 4.90 Å². The summed E-state index contributed by atoms with van der Waals surface area (Å²) < 4.78 is 28.8. The van der Waals surface area contributed by atoms with Gasteiger partial charge in [0.2, 0.25) is 5.91 Å². The smallest absolute Gasteiger partial charge is 0.285 e. The Morgan fingerprint density at radius 2 is 1.91 bits per heavy atom. The van der Waals surface area contributed by atoms with Crippen molar-refractivity contribution >= 4 is 33.4 Å². The van der Waals surface area contributed by atoms with Crippen LogP contribution in [0.2, 0.25) is 0 Å². The van der Waals surface area contributed by atoms with Crippen LogP contribution in [0.1, 0.15) is 28.8 Å². The van der Waals surface area contributed by atoms with E-state index >= 15 is 0 Å². The van der Waals surface area contributed by atoms with Gasteiger partial charge in [0.15, 0.2) is 5.84 Å². The zero-order valence-electron chi connectivity index (χ0n) is 17.5. The molecule has 4 rings (SSSR count). The molecule has 1 atom stereocenters. The summed E-state index contributed by atoms with van der Waals surface area (Å²) in [6, 6.07) is 13.5. The van der Waals surface area contributed by atoms with Gasteiger partial charge in [0.25, 0.3) is 15.9 Å². The molecule has 9 heteroatoms. The van der Waals surface area contributed by atoms with Gasteiger partial charge in [-0.05, 0) is 37.1 Å². The molecular formula is C23H24N4O4S. The van der Waals surface area contributed by atoms with Gasteiger partial charge in [-0.25, -0.2) is 0 Å². The van der Waals surface area contributed by atoms with Crippen molar-refractivity contribution in [1.29, 1.82) is 0 Å². The highest BCUT2D eigenvalue weighted by molar-refractivity contribution is 7.90. The summed E-state index contributed by atoms with van der Waals surface area (Å²) in [5.74, 6) is -0.491. The Hall–Kier alpha value is -3.46. The standard InChI is InChI=1S/C23H24N4O4S/c1-2-13-24-23(29)17-9-3-5-11-19(17)25-22(28)16-8-7-14-27(15-16)21-18-10-4-6-12-20(18)32(30,31)26-21/h2-6,9-12,16H,1,7-8,13-15H2,(H,24,29)(H,25,28). The second-order valence-corrected chi connectivity index (χ2v) is 9.28. The van der Waals surface area contributed by atoms with Crippen molar-refractivity contribution < 1.29 is 18.0 Å². The highest BCUT2D eigenvalue weighted by Gasteiger charge is 2.35. The summed E-state index contributed by atoms with van der Waals surface area (Å²) in [6.07, 6.45) is 2.97. The van der Waals surface area contributed by atoms with Gasteiger partial charge in [0, 0.05) is 25.2 Å². The molecule has 166 valence electrons. The lowest BCUT2D eigenvalue weighted by atomic mass is 9.96. The summed E-state index contributed by atoms with van der Waals surface area (Å²) in [7, 11) is -3.72. The van der Waals surface area contributed by atoms with Crippen molar-refractivity contribution in [2.45, 2.75) is 17.7 Å². The normalized spacial score (nSPS) is 18.9. The number of amides is 2. The van der Waals surface area contributed by atoms with Crippen molar-refractivity contribution in [1.82, 2.24) is 10.2 Å². The summed E-state index contributed by atoms with van der Waals surface area (Å²) in [5.41, 5.74) is 1.37. The number of nitrogens with zero attached hydrogens (tertiary/aromatic N) is 2. The van der Waals surface area contributed by atoms with Gasteiger partial charge in [0.05, 0.1) is 17.2 Å². The van der Waals surface area contributed by atoms with Crippen molar-refractivity contribution in [3.8, 4) is 0 Å². The Morgan fingerprint density at radius 3 is 2.72 bits per heavy atom. The fourth-order valence-electron chi connectivity index (χ4n) is 3.99. The van der Waals surface area contributed by atoms with Crippen molar-refractivity contribution in [3.63, 3.8) is 0 Å². The second-order valence-electron chi connectivity index (χ2n) is 7.70. The molecular weight excluding hydrogens is 428 g/mol. The third kappa shape index (κ3) is 4.29. The molecule has 2 aliphatic heterocycles. The number of rotatable bonds is 5. The minimum Gasteiger partial charge on any atom is -0.355 e. The molecule has 0 spiro atoms. The molecule has 32 heavy (non-hydrogen) atoms. The number of benzene rings is 2. The quantitative estimate of drug-likeness (QED) is 0.678. The average molecular weight is 453 g/mol. The first-order valence-electron chi connectivity index (χ1n) is 10.4. The molecule has 1 saturated heterocycles. The predicted octanol–water partition coefficient (Wildman–Crippen LogP) is 2.40. The van der Waals surface area contributed by atoms with Crippen molar-refractivity contribution in [3.05, 3.63) is 72.3 Å². The van der Waals surface area contributed by atoms with Crippen LogP contribution < -0.4 is 10.6 Å². The van der Waals surface area contributed by atoms with E-state index in [0.29, 0.717) is 48.7 Å². The Kier molecular flexibility index (Phi) is 6.09. The van der Waals surface area contributed by atoms with E-state index in [0.717, 1.165) is 6.42 Å². The number of likely N-dealkylation sites (tertiary alicyclic amines) is 1. The van der Waals surface area contributed by atoms with E-state index < -0.39 is 10.0 Å². The molecule has 8 nitrogen and oxygen atoms in total. The predicted molar refractivity (Wildman–Crippen MR) is 122 cm³/mol. The maximum absolute atomic E-state index is 13.0. The van der Waals surface area contributed by atoms with Crippen LogP contribution in [0, 0.1) is 5.92 Å². The lowest BCUT2D eigenvalue weighted by Crippen LogP contribution is -2.43. The third-order valence-corrected chi connectivity index (χ3v) is 6.87. The van der Waals surface area contributed by atoms with Crippen LogP contribution in [-0.4, -0.2) is 50.6 Å². The molecule has 2 aliphatic rings. The van der Waals surface area contributed by atoms with E-state index in [-0.39, 0.29) is 22.6 Å². The van der Waals surface area contributed by atoms with E-state index in [2.05, 4.69) is 21.6 Å². The van der Waals surface area contributed by atoms with E-state index in [1.54, 1.807) is 54.6 Å². The topological polar surface area (TPSA) is 108 Å². The summed E-state index contributed by atoms with van der Waals surface area (Å²) in [5, 5.41) is 5.59. The van der Waals surface area contributed by atoms with Gasteiger partial charge in [-0.1, -0.05) is 30.3 Å². The second kappa shape index (κ2) is 8.96. The number of nitrogens with one attached hydrogen (secondary N) is 2. The molecule has 0 bridgehead atoms. The number of para-hydroxylation sites is 1. The largest absolute Gasteiger partial charge is 0.355 e. The molecule has 0 radical (unpaired) electrons.